The molecule has 0 saturated carbocycles. The van der Waals surface area contributed by atoms with Crippen molar-refractivity contribution in [3.63, 3.8) is 0 Å². The predicted molar refractivity (Wildman–Crippen MR) is 72.7 cm³/mol. The van der Waals surface area contributed by atoms with Gasteiger partial charge in [-0.15, -0.1) is 10.2 Å². The van der Waals surface area contributed by atoms with Gasteiger partial charge >= 0.3 is 0 Å². The van der Waals surface area contributed by atoms with E-state index in [2.05, 4.69) is 16.8 Å². The number of rotatable bonds is 4. The first-order valence-electron chi connectivity index (χ1n) is 5.45. The molecule has 0 aromatic carbocycles. The van der Waals surface area contributed by atoms with Crippen molar-refractivity contribution in [2.45, 2.75) is 17.5 Å². The maximum atomic E-state index is 11.5. The van der Waals surface area contributed by atoms with Gasteiger partial charge in [0, 0.05) is 23.8 Å². The van der Waals surface area contributed by atoms with Gasteiger partial charge in [0.1, 0.15) is 5.82 Å². The second-order valence-corrected chi connectivity index (χ2v) is 8.01. The summed E-state index contributed by atoms with van der Waals surface area (Å²) in [4.78, 5) is 0. The van der Waals surface area contributed by atoms with Crippen molar-refractivity contribution < 1.29 is 8.42 Å². The molecule has 1 aromatic rings. The molecule has 0 N–H and O–H groups in total. The highest BCUT2D eigenvalue weighted by Crippen LogP contribution is 2.29. The average Bonchev–Trinajstić information content (AvgIpc) is 2.79. The van der Waals surface area contributed by atoms with Crippen LogP contribution < -0.4 is 0 Å². The number of aromatic nitrogens is 3. The largest absolute Gasteiger partial charge is 0.309 e. The lowest BCUT2D eigenvalue weighted by molar-refractivity contribution is 0.599. The van der Waals surface area contributed by atoms with Gasteiger partial charge in [0.15, 0.2) is 15.0 Å². The van der Waals surface area contributed by atoms with E-state index < -0.39 is 9.84 Å². The first-order chi connectivity index (χ1) is 8.39. The Kier molecular flexibility index (Phi) is 4.03. The van der Waals surface area contributed by atoms with E-state index in [-0.39, 0.29) is 17.4 Å². The van der Waals surface area contributed by atoms with Crippen LogP contribution in [0.1, 0.15) is 18.2 Å². The van der Waals surface area contributed by atoms with E-state index in [1.54, 1.807) is 0 Å². The highest BCUT2D eigenvalue weighted by atomic mass is 35.5. The molecule has 0 spiro atoms. The quantitative estimate of drug-likeness (QED) is 0.790. The molecule has 0 bridgehead atoms. The summed E-state index contributed by atoms with van der Waals surface area (Å²) in [6.07, 6.45) is 0.626. The highest BCUT2D eigenvalue weighted by molar-refractivity contribution is 7.99. The predicted octanol–water partition coefficient (Wildman–Crippen LogP) is 1.56. The van der Waals surface area contributed by atoms with Crippen LogP contribution in [0.25, 0.3) is 0 Å². The number of sulfone groups is 1. The molecule has 1 aliphatic rings. The molecule has 1 fully saturated rings. The van der Waals surface area contributed by atoms with Gasteiger partial charge in [0.05, 0.1) is 11.5 Å². The fraction of sp³-hybridized carbons (Fsp3) is 0.600. The number of hydrogen-bond acceptors (Lipinski definition) is 5. The Labute approximate surface area is 116 Å². The second-order valence-electron chi connectivity index (χ2n) is 4.31. The monoisotopic (exact) mass is 307 g/mol. The van der Waals surface area contributed by atoms with Crippen molar-refractivity contribution in [2.24, 2.45) is 7.05 Å². The third-order valence-electron chi connectivity index (χ3n) is 2.82. The van der Waals surface area contributed by atoms with Crippen LogP contribution in [0.2, 0.25) is 0 Å². The summed E-state index contributed by atoms with van der Waals surface area (Å²) < 4.78 is 24.8. The van der Waals surface area contributed by atoms with Crippen molar-refractivity contribution in [1.29, 1.82) is 0 Å². The zero-order valence-corrected chi connectivity index (χ0v) is 12.4. The first kappa shape index (κ1) is 13.9. The molecular weight excluding hydrogens is 294 g/mol. The zero-order valence-electron chi connectivity index (χ0n) is 9.97. The molecule has 0 amide bonds. The van der Waals surface area contributed by atoms with Gasteiger partial charge in [-0.3, -0.25) is 0 Å². The number of nitrogens with zero attached hydrogens (tertiary/aromatic N) is 3. The first-order valence-corrected chi connectivity index (χ1v) is 8.63. The van der Waals surface area contributed by atoms with Gasteiger partial charge in [-0.25, -0.2) is 8.42 Å². The second kappa shape index (κ2) is 5.22. The summed E-state index contributed by atoms with van der Waals surface area (Å²) in [5.74, 6) is 1.67. The Hall–Kier alpha value is -0.530. The summed E-state index contributed by atoms with van der Waals surface area (Å²) in [5, 5.41) is 9.44. The zero-order chi connectivity index (χ0) is 13.3. The van der Waals surface area contributed by atoms with Gasteiger partial charge in [0.25, 0.3) is 0 Å². The molecule has 2 heterocycles. The highest BCUT2D eigenvalue weighted by Gasteiger charge is 2.32. The lowest BCUT2D eigenvalue weighted by Crippen LogP contribution is -2.09. The fourth-order valence-corrected chi connectivity index (χ4v) is 4.52. The lowest BCUT2D eigenvalue weighted by Gasteiger charge is -2.07. The molecule has 18 heavy (non-hydrogen) atoms. The number of hydrogen-bond donors (Lipinski definition) is 0. The topological polar surface area (TPSA) is 64.8 Å². The third-order valence-corrected chi connectivity index (χ3v) is 5.99. The Morgan fingerprint density at radius 3 is 2.89 bits per heavy atom. The Balaban J connectivity index is 2.14. The number of halogens is 1. The van der Waals surface area contributed by atoms with Gasteiger partial charge < -0.3 is 4.57 Å². The van der Waals surface area contributed by atoms with Crippen LogP contribution >= 0.6 is 23.4 Å². The maximum absolute atomic E-state index is 11.5. The molecule has 100 valence electrons. The molecular formula is C10H14ClN3O2S2. The molecule has 8 heteroatoms. The average molecular weight is 308 g/mol. The summed E-state index contributed by atoms with van der Waals surface area (Å²) >= 11 is 7.14. The van der Waals surface area contributed by atoms with Gasteiger partial charge in [-0.05, 0) is 6.42 Å². The fourth-order valence-electron chi connectivity index (χ4n) is 1.95. The molecule has 1 aromatic heterocycles. The van der Waals surface area contributed by atoms with Crippen LogP contribution in [-0.2, 0) is 16.9 Å². The van der Waals surface area contributed by atoms with Gasteiger partial charge in [-0.2, -0.15) is 0 Å². The van der Waals surface area contributed by atoms with Crippen LogP contribution in [0.4, 0.5) is 0 Å². The van der Waals surface area contributed by atoms with Crippen molar-refractivity contribution in [2.75, 3.05) is 17.3 Å². The van der Waals surface area contributed by atoms with Crippen molar-refractivity contribution in [3.05, 3.63) is 17.4 Å². The summed E-state index contributed by atoms with van der Waals surface area (Å²) in [6.45, 7) is 3.61. The lowest BCUT2D eigenvalue weighted by atomic mass is 10.1. The van der Waals surface area contributed by atoms with E-state index in [4.69, 9.17) is 11.6 Å². The standard InChI is InChI=1S/C10H14ClN3O2S2/c1-7(11)5-17-10-13-12-9(14(10)2)8-3-4-18(15,16)6-8/h8H,1,3-6H2,2H3/t8-/m0/s1. The normalized spacial score (nSPS) is 22.2. The van der Waals surface area contributed by atoms with Crippen LogP contribution in [0.3, 0.4) is 0 Å². The molecule has 5 nitrogen and oxygen atoms in total. The van der Waals surface area contributed by atoms with E-state index >= 15 is 0 Å². The Morgan fingerprint density at radius 2 is 2.33 bits per heavy atom. The summed E-state index contributed by atoms with van der Waals surface area (Å²) in [5.41, 5.74) is 0. The SMILES string of the molecule is C=C(Cl)CSc1nnc([C@H]2CCS(=O)(=O)C2)n1C. The van der Waals surface area contributed by atoms with E-state index in [0.29, 0.717) is 17.2 Å². The van der Waals surface area contributed by atoms with E-state index in [0.717, 1.165) is 11.0 Å². The minimum absolute atomic E-state index is 0.0407. The molecule has 0 aliphatic carbocycles. The molecule has 0 unspecified atom stereocenters. The van der Waals surface area contributed by atoms with E-state index in [1.165, 1.54) is 11.8 Å². The molecule has 1 aliphatic heterocycles. The van der Waals surface area contributed by atoms with E-state index in [1.807, 2.05) is 11.6 Å². The smallest absolute Gasteiger partial charge is 0.191 e. The van der Waals surface area contributed by atoms with E-state index in [9.17, 15) is 8.42 Å². The molecule has 1 saturated heterocycles. The van der Waals surface area contributed by atoms with Crippen molar-refractivity contribution in [1.82, 2.24) is 14.8 Å². The minimum Gasteiger partial charge on any atom is -0.309 e. The Bertz CT molecular complexity index is 568. The van der Waals surface area contributed by atoms with Crippen LogP contribution in [0.15, 0.2) is 16.8 Å². The van der Waals surface area contributed by atoms with Crippen LogP contribution in [0.5, 0.6) is 0 Å². The van der Waals surface area contributed by atoms with Gasteiger partial charge in [-0.1, -0.05) is 29.9 Å². The van der Waals surface area contributed by atoms with Crippen LogP contribution in [0, 0.1) is 0 Å². The maximum Gasteiger partial charge on any atom is 0.191 e. The third kappa shape index (κ3) is 3.07. The minimum atomic E-state index is -2.90. The molecule has 1 atom stereocenters. The summed E-state index contributed by atoms with van der Waals surface area (Å²) in [6, 6.07) is 0. The van der Waals surface area contributed by atoms with Crippen molar-refractivity contribution in [3.8, 4) is 0 Å². The molecule has 0 radical (unpaired) electrons. The summed E-state index contributed by atoms with van der Waals surface area (Å²) in [7, 11) is -1.05. The van der Waals surface area contributed by atoms with Gasteiger partial charge in [0.2, 0.25) is 0 Å². The van der Waals surface area contributed by atoms with Crippen LogP contribution in [-0.4, -0.2) is 40.4 Å². The number of thioether (sulfide) groups is 1. The molecule has 2 rings (SSSR count). The Morgan fingerprint density at radius 1 is 1.61 bits per heavy atom. The van der Waals surface area contributed by atoms with Crippen molar-refractivity contribution >= 4 is 33.2 Å².